The van der Waals surface area contributed by atoms with Crippen LogP contribution in [0.2, 0.25) is 0 Å². The van der Waals surface area contributed by atoms with Crippen molar-refractivity contribution in [3.05, 3.63) is 23.3 Å². The molecule has 1 aromatic carbocycles. The van der Waals surface area contributed by atoms with E-state index >= 15 is 0 Å². The minimum atomic E-state index is 0.228. The van der Waals surface area contributed by atoms with Crippen LogP contribution in [0, 0.1) is 0 Å². The van der Waals surface area contributed by atoms with Crippen LogP contribution >= 0.6 is 0 Å². The van der Waals surface area contributed by atoms with Crippen LogP contribution in [0.15, 0.2) is 12.1 Å². The standard InChI is InChI=1S/C19H28O3/c1-3-5-7-11-21-18-13-15-9-10-17(20)16(15)14-19(18)22-12-8-6-4-2/h13-14H,3-12H2,1-2H3. The summed E-state index contributed by atoms with van der Waals surface area (Å²) in [6, 6.07) is 3.91. The second kappa shape index (κ2) is 8.82. The Labute approximate surface area is 134 Å². The molecule has 1 aromatic rings. The Morgan fingerprint density at radius 1 is 0.864 bits per heavy atom. The largest absolute Gasteiger partial charge is 0.490 e. The monoisotopic (exact) mass is 304 g/mol. The molecule has 0 unspecified atom stereocenters. The highest BCUT2D eigenvalue weighted by molar-refractivity contribution is 6.01. The molecule has 0 radical (unpaired) electrons. The molecule has 2 rings (SSSR count). The molecule has 0 saturated heterocycles. The maximum atomic E-state index is 11.9. The van der Waals surface area contributed by atoms with Crippen LogP contribution in [0.4, 0.5) is 0 Å². The fraction of sp³-hybridized carbons (Fsp3) is 0.632. The van der Waals surface area contributed by atoms with Gasteiger partial charge in [-0.05, 0) is 37.0 Å². The van der Waals surface area contributed by atoms with Crippen molar-refractivity contribution in [3.63, 3.8) is 0 Å². The number of benzene rings is 1. The van der Waals surface area contributed by atoms with Crippen LogP contribution in [0.1, 0.15) is 74.7 Å². The zero-order valence-corrected chi connectivity index (χ0v) is 14.0. The van der Waals surface area contributed by atoms with Crippen LogP contribution in [-0.2, 0) is 6.42 Å². The molecule has 0 bridgehead atoms. The van der Waals surface area contributed by atoms with Crippen LogP contribution < -0.4 is 9.47 Å². The van der Waals surface area contributed by atoms with Crippen molar-refractivity contribution < 1.29 is 14.3 Å². The maximum absolute atomic E-state index is 11.9. The van der Waals surface area contributed by atoms with E-state index in [2.05, 4.69) is 13.8 Å². The summed E-state index contributed by atoms with van der Waals surface area (Å²) in [5, 5.41) is 0. The Bertz CT molecular complexity index is 494. The van der Waals surface area contributed by atoms with E-state index in [4.69, 9.17) is 9.47 Å². The lowest BCUT2D eigenvalue weighted by Crippen LogP contribution is -2.04. The van der Waals surface area contributed by atoms with E-state index < -0.39 is 0 Å². The molecule has 0 saturated carbocycles. The molecule has 1 aliphatic rings. The highest BCUT2D eigenvalue weighted by Gasteiger charge is 2.22. The first-order valence-corrected chi connectivity index (χ1v) is 8.72. The molecule has 3 nitrogen and oxygen atoms in total. The average Bonchev–Trinajstić information content (AvgIpc) is 2.88. The lowest BCUT2D eigenvalue weighted by molar-refractivity contribution is 0.0994. The Balaban J connectivity index is 2.05. The van der Waals surface area contributed by atoms with Gasteiger partial charge < -0.3 is 9.47 Å². The van der Waals surface area contributed by atoms with Crippen LogP contribution in [-0.4, -0.2) is 19.0 Å². The number of hydrogen-bond donors (Lipinski definition) is 0. The fourth-order valence-corrected chi connectivity index (χ4v) is 2.75. The third kappa shape index (κ3) is 4.49. The molecule has 0 heterocycles. The Hall–Kier alpha value is -1.51. The maximum Gasteiger partial charge on any atom is 0.163 e. The van der Waals surface area contributed by atoms with E-state index in [1.807, 2.05) is 12.1 Å². The van der Waals surface area contributed by atoms with Crippen molar-refractivity contribution in [2.24, 2.45) is 0 Å². The highest BCUT2D eigenvalue weighted by Crippen LogP contribution is 2.35. The smallest absolute Gasteiger partial charge is 0.163 e. The molecule has 0 aliphatic heterocycles. The van der Waals surface area contributed by atoms with E-state index in [-0.39, 0.29) is 5.78 Å². The van der Waals surface area contributed by atoms with Crippen molar-refractivity contribution in [3.8, 4) is 11.5 Å². The van der Waals surface area contributed by atoms with Crippen molar-refractivity contribution in [2.75, 3.05) is 13.2 Å². The average molecular weight is 304 g/mol. The predicted octanol–water partition coefficient (Wildman–Crippen LogP) is 4.95. The first-order chi connectivity index (χ1) is 10.8. The fourth-order valence-electron chi connectivity index (χ4n) is 2.75. The van der Waals surface area contributed by atoms with Gasteiger partial charge in [-0.3, -0.25) is 4.79 Å². The third-order valence-corrected chi connectivity index (χ3v) is 4.10. The van der Waals surface area contributed by atoms with Gasteiger partial charge in [-0.1, -0.05) is 39.5 Å². The van der Waals surface area contributed by atoms with Gasteiger partial charge >= 0.3 is 0 Å². The summed E-state index contributed by atoms with van der Waals surface area (Å²) in [7, 11) is 0. The summed E-state index contributed by atoms with van der Waals surface area (Å²) in [5.74, 6) is 1.77. The molecule has 0 aromatic heterocycles. The Morgan fingerprint density at radius 3 is 2.05 bits per heavy atom. The summed E-state index contributed by atoms with van der Waals surface area (Å²) in [4.78, 5) is 11.9. The highest BCUT2D eigenvalue weighted by atomic mass is 16.5. The summed E-state index contributed by atoms with van der Waals surface area (Å²) in [6.45, 7) is 5.76. The normalized spacial score (nSPS) is 13.3. The summed E-state index contributed by atoms with van der Waals surface area (Å²) >= 11 is 0. The summed E-state index contributed by atoms with van der Waals surface area (Å²) < 4.78 is 11.8. The lowest BCUT2D eigenvalue weighted by Gasteiger charge is -2.14. The van der Waals surface area contributed by atoms with Gasteiger partial charge in [0.05, 0.1) is 13.2 Å². The second-order valence-corrected chi connectivity index (χ2v) is 5.99. The number of unbranched alkanes of at least 4 members (excludes halogenated alkanes) is 4. The van der Waals surface area contributed by atoms with Gasteiger partial charge in [-0.2, -0.15) is 0 Å². The summed E-state index contributed by atoms with van der Waals surface area (Å²) in [6.07, 6.45) is 8.24. The molecular weight excluding hydrogens is 276 g/mol. The van der Waals surface area contributed by atoms with E-state index in [1.54, 1.807) is 0 Å². The zero-order chi connectivity index (χ0) is 15.8. The molecule has 1 aliphatic carbocycles. The molecular formula is C19H28O3. The topological polar surface area (TPSA) is 35.5 Å². The van der Waals surface area contributed by atoms with E-state index in [9.17, 15) is 4.79 Å². The molecule has 22 heavy (non-hydrogen) atoms. The number of ether oxygens (including phenoxy) is 2. The third-order valence-electron chi connectivity index (χ3n) is 4.10. The van der Waals surface area contributed by atoms with Gasteiger partial charge in [0, 0.05) is 12.0 Å². The molecule has 3 heteroatoms. The van der Waals surface area contributed by atoms with Gasteiger partial charge in [0.15, 0.2) is 17.3 Å². The van der Waals surface area contributed by atoms with Crippen LogP contribution in [0.5, 0.6) is 11.5 Å². The molecule has 122 valence electrons. The van der Waals surface area contributed by atoms with E-state index in [1.165, 1.54) is 19.3 Å². The number of aryl methyl sites for hydroxylation is 1. The Kier molecular flexibility index (Phi) is 6.75. The number of carbonyl (C=O) groups excluding carboxylic acids is 1. The quantitative estimate of drug-likeness (QED) is 0.573. The minimum Gasteiger partial charge on any atom is -0.490 e. The molecule has 0 fully saturated rings. The van der Waals surface area contributed by atoms with Crippen LogP contribution in [0.25, 0.3) is 0 Å². The number of hydrogen-bond acceptors (Lipinski definition) is 3. The molecule has 0 N–H and O–H groups in total. The van der Waals surface area contributed by atoms with Crippen molar-refractivity contribution in [1.82, 2.24) is 0 Å². The van der Waals surface area contributed by atoms with Gasteiger partial charge in [-0.25, -0.2) is 0 Å². The van der Waals surface area contributed by atoms with Gasteiger partial charge in [-0.15, -0.1) is 0 Å². The Morgan fingerprint density at radius 2 is 1.45 bits per heavy atom. The van der Waals surface area contributed by atoms with Crippen molar-refractivity contribution in [1.29, 1.82) is 0 Å². The minimum absolute atomic E-state index is 0.228. The second-order valence-electron chi connectivity index (χ2n) is 5.99. The number of Topliss-reactive ketones (excluding diaryl/α,β-unsaturated/α-hetero) is 1. The lowest BCUT2D eigenvalue weighted by atomic mass is 10.1. The number of carbonyl (C=O) groups is 1. The molecule has 0 amide bonds. The number of rotatable bonds is 10. The van der Waals surface area contributed by atoms with Crippen molar-refractivity contribution in [2.45, 2.75) is 65.2 Å². The van der Waals surface area contributed by atoms with E-state index in [0.717, 1.165) is 48.3 Å². The zero-order valence-electron chi connectivity index (χ0n) is 14.0. The molecule has 0 spiro atoms. The molecule has 0 atom stereocenters. The number of fused-ring (bicyclic) bond motifs is 1. The van der Waals surface area contributed by atoms with E-state index in [0.29, 0.717) is 19.6 Å². The van der Waals surface area contributed by atoms with Crippen molar-refractivity contribution >= 4 is 5.78 Å². The summed E-state index contributed by atoms with van der Waals surface area (Å²) in [5.41, 5.74) is 1.93. The number of ketones is 1. The SMILES string of the molecule is CCCCCOc1cc2c(cc1OCCCCC)C(=O)CC2. The van der Waals surface area contributed by atoms with Gasteiger partial charge in [0.25, 0.3) is 0 Å². The first-order valence-electron chi connectivity index (χ1n) is 8.72. The predicted molar refractivity (Wildman–Crippen MR) is 89.1 cm³/mol. The van der Waals surface area contributed by atoms with Crippen LogP contribution in [0.3, 0.4) is 0 Å². The van der Waals surface area contributed by atoms with Gasteiger partial charge in [0.2, 0.25) is 0 Å². The first kappa shape index (κ1) is 16.9. The van der Waals surface area contributed by atoms with Gasteiger partial charge in [0.1, 0.15) is 0 Å².